The zero-order valence-corrected chi connectivity index (χ0v) is 22.3. The molecule has 0 aliphatic carbocycles. The molecule has 196 valence electrons. The van der Waals surface area contributed by atoms with Crippen LogP contribution in [0.5, 0.6) is 0 Å². The molecule has 3 heterocycles. The summed E-state index contributed by atoms with van der Waals surface area (Å²) in [5.41, 5.74) is 3.33. The Morgan fingerprint density at radius 2 is 1.66 bits per heavy atom. The normalized spacial score (nSPS) is 17.4. The van der Waals surface area contributed by atoms with Gasteiger partial charge in [-0.15, -0.1) is 0 Å². The van der Waals surface area contributed by atoms with Crippen LogP contribution in [0.2, 0.25) is 0 Å². The molecular weight excluding hydrogens is 498 g/mol. The number of Topliss-reactive ketones (excluding diaryl/α,β-unsaturated/α-hetero) is 1. The Hall–Kier alpha value is -3.65. The average Bonchev–Trinajstić information content (AvgIpc) is 3.24. The number of aryl methyl sites for hydroxylation is 1. The number of fused-ring (bicyclic) bond motifs is 1. The highest BCUT2D eigenvalue weighted by Gasteiger charge is 2.36. The molecule has 0 saturated carbocycles. The maximum Gasteiger partial charge on any atom is 0.293 e. The number of hydrogen-bond donors (Lipinski definition) is 0. The topological polar surface area (TPSA) is 79.7 Å². The molecule has 0 atom stereocenters. The van der Waals surface area contributed by atoms with Gasteiger partial charge >= 0.3 is 0 Å². The Kier molecular flexibility index (Phi) is 7.79. The molecule has 0 radical (unpaired) electrons. The first-order chi connectivity index (χ1) is 18.5. The largest absolute Gasteiger partial charge is 0.341 e. The predicted octanol–water partition coefficient (Wildman–Crippen LogP) is 5.53. The van der Waals surface area contributed by atoms with E-state index < -0.39 is 11.1 Å². The minimum absolute atomic E-state index is 0.0982. The number of ketones is 1. The third kappa shape index (κ3) is 5.31. The number of thioether (sulfide) groups is 1. The van der Waals surface area contributed by atoms with Crippen molar-refractivity contribution < 1.29 is 19.2 Å². The van der Waals surface area contributed by atoms with Crippen LogP contribution in [0, 0.1) is 0 Å². The fraction of sp³-hybridized carbons (Fsp3) is 0.333. The van der Waals surface area contributed by atoms with Crippen LogP contribution in [0.4, 0.5) is 4.79 Å². The van der Waals surface area contributed by atoms with Crippen LogP contribution < -0.4 is 0 Å². The number of aromatic nitrogens is 1. The van der Waals surface area contributed by atoms with Crippen LogP contribution in [0.15, 0.2) is 59.6 Å². The lowest BCUT2D eigenvalue weighted by Gasteiger charge is -2.21. The van der Waals surface area contributed by atoms with E-state index in [4.69, 9.17) is 0 Å². The van der Waals surface area contributed by atoms with Crippen molar-refractivity contribution in [3.63, 3.8) is 0 Å². The van der Waals surface area contributed by atoms with E-state index >= 15 is 0 Å². The number of likely N-dealkylation sites (tertiary alicyclic amines) is 1. The van der Waals surface area contributed by atoms with Crippen molar-refractivity contribution in [3.8, 4) is 0 Å². The van der Waals surface area contributed by atoms with Gasteiger partial charge in [-0.25, -0.2) is 0 Å². The number of hydrogen-bond acceptors (Lipinski definition) is 5. The van der Waals surface area contributed by atoms with Gasteiger partial charge in [-0.1, -0.05) is 68.3 Å². The molecule has 8 heteroatoms. The highest BCUT2D eigenvalue weighted by molar-refractivity contribution is 8.18. The molecule has 38 heavy (non-hydrogen) atoms. The zero-order valence-electron chi connectivity index (χ0n) is 21.5. The number of benzene rings is 2. The number of carbonyl (C=O) groups excluding carboxylic acids is 4. The Bertz CT molecular complexity index is 1420. The second-order valence-electron chi connectivity index (χ2n) is 9.73. The molecule has 3 aromatic rings. The van der Waals surface area contributed by atoms with E-state index in [9.17, 15) is 19.2 Å². The summed E-state index contributed by atoms with van der Waals surface area (Å²) in [5, 5.41) is 0.472. The highest BCUT2D eigenvalue weighted by atomic mass is 32.2. The summed E-state index contributed by atoms with van der Waals surface area (Å²) in [7, 11) is 0. The lowest BCUT2D eigenvalue weighted by Crippen LogP contribution is -2.34. The van der Waals surface area contributed by atoms with Gasteiger partial charge in [-0.3, -0.25) is 24.1 Å². The van der Waals surface area contributed by atoms with Crippen molar-refractivity contribution >= 4 is 51.6 Å². The standard InChI is InChI=1S/C30H31N3O4S/c1-2-21-13-10-14-24-23(18-32(28(21)24)20-27(35)31-15-8-3-4-9-16-31)17-26-29(36)33(30(37)38-26)19-25(34)22-11-6-5-7-12-22/h5-7,10-14,17-18H,2-4,8-9,15-16,19-20H2,1H3/b26-17-. The lowest BCUT2D eigenvalue weighted by atomic mass is 10.1. The summed E-state index contributed by atoms with van der Waals surface area (Å²) in [6, 6.07) is 14.7. The van der Waals surface area contributed by atoms with Crippen LogP contribution in [0.1, 0.15) is 54.1 Å². The number of carbonyl (C=O) groups is 4. The van der Waals surface area contributed by atoms with Crippen LogP contribution >= 0.6 is 11.8 Å². The third-order valence-corrected chi connectivity index (χ3v) is 8.12. The number of imide groups is 1. The van der Waals surface area contributed by atoms with E-state index in [1.54, 1.807) is 30.3 Å². The predicted molar refractivity (Wildman–Crippen MR) is 150 cm³/mol. The van der Waals surface area contributed by atoms with Crippen molar-refractivity contribution in [2.45, 2.75) is 45.6 Å². The SMILES string of the molecule is CCc1cccc2c(/C=C3\SC(=O)N(CC(=O)c4ccccc4)C3=O)cn(CC(=O)N3CCCCCC3)c12. The van der Waals surface area contributed by atoms with Crippen molar-refractivity contribution in [1.29, 1.82) is 0 Å². The molecule has 1 aromatic heterocycles. The van der Waals surface area contributed by atoms with Gasteiger partial charge in [-0.05, 0) is 42.7 Å². The molecule has 2 aromatic carbocycles. The Labute approximate surface area is 226 Å². The van der Waals surface area contributed by atoms with Gasteiger partial charge in [0, 0.05) is 35.8 Å². The van der Waals surface area contributed by atoms with Gasteiger partial charge in [0.05, 0.1) is 17.0 Å². The Morgan fingerprint density at radius 1 is 0.921 bits per heavy atom. The van der Waals surface area contributed by atoms with Gasteiger partial charge in [0.25, 0.3) is 11.1 Å². The highest BCUT2D eigenvalue weighted by Crippen LogP contribution is 2.35. The molecule has 2 fully saturated rings. The monoisotopic (exact) mass is 529 g/mol. The van der Waals surface area contributed by atoms with E-state index in [2.05, 4.69) is 13.0 Å². The summed E-state index contributed by atoms with van der Waals surface area (Å²) >= 11 is 0.842. The molecule has 2 saturated heterocycles. The number of nitrogens with zero attached hydrogens (tertiary/aromatic N) is 3. The van der Waals surface area contributed by atoms with Crippen molar-refractivity contribution in [1.82, 2.24) is 14.4 Å². The first kappa shape index (κ1) is 26.0. The van der Waals surface area contributed by atoms with E-state index in [1.165, 1.54) is 0 Å². The maximum atomic E-state index is 13.2. The molecule has 3 amide bonds. The van der Waals surface area contributed by atoms with E-state index in [-0.39, 0.29) is 29.7 Å². The Morgan fingerprint density at radius 3 is 2.37 bits per heavy atom. The summed E-state index contributed by atoms with van der Waals surface area (Å²) < 4.78 is 1.98. The minimum atomic E-state index is -0.475. The first-order valence-electron chi connectivity index (χ1n) is 13.2. The summed E-state index contributed by atoms with van der Waals surface area (Å²) in [5.74, 6) is -0.663. The van der Waals surface area contributed by atoms with E-state index in [0.29, 0.717) is 5.56 Å². The van der Waals surface area contributed by atoms with E-state index in [1.807, 2.05) is 33.9 Å². The number of rotatable bonds is 7. The van der Waals surface area contributed by atoms with Gasteiger partial charge in [-0.2, -0.15) is 0 Å². The molecule has 0 spiro atoms. The van der Waals surface area contributed by atoms with Gasteiger partial charge in [0.15, 0.2) is 5.78 Å². The minimum Gasteiger partial charge on any atom is -0.341 e. The second-order valence-corrected chi connectivity index (χ2v) is 10.7. The molecule has 2 aliphatic heterocycles. The summed E-state index contributed by atoms with van der Waals surface area (Å²) in [6.07, 6.45) is 8.81. The number of para-hydroxylation sites is 1. The molecule has 2 aliphatic rings. The average molecular weight is 530 g/mol. The smallest absolute Gasteiger partial charge is 0.293 e. The van der Waals surface area contributed by atoms with Crippen LogP contribution in [0.3, 0.4) is 0 Å². The van der Waals surface area contributed by atoms with E-state index in [0.717, 1.165) is 83.9 Å². The van der Waals surface area contributed by atoms with Gasteiger partial charge in [0.2, 0.25) is 5.91 Å². The Balaban J connectivity index is 1.43. The molecule has 5 rings (SSSR count). The lowest BCUT2D eigenvalue weighted by molar-refractivity contribution is -0.131. The summed E-state index contributed by atoms with van der Waals surface area (Å²) in [4.78, 5) is 55.0. The molecule has 0 unspecified atom stereocenters. The first-order valence-corrected chi connectivity index (χ1v) is 14.0. The fourth-order valence-corrected chi connectivity index (χ4v) is 6.02. The van der Waals surface area contributed by atoms with Crippen LogP contribution in [-0.2, 0) is 22.6 Å². The third-order valence-electron chi connectivity index (χ3n) is 7.22. The molecule has 0 bridgehead atoms. The van der Waals surface area contributed by atoms with Crippen LogP contribution in [0.25, 0.3) is 17.0 Å². The quantitative estimate of drug-likeness (QED) is 0.297. The molecular formula is C30H31N3O4S. The van der Waals surface area contributed by atoms with Crippen LogP contribution in [-0.4, -0.2) is 56.8 Å². The molecule has 0 N–H and O–H groups in total. The second kappa shape index (κ2) is 11.4. The fourth-order valence-electron chi connectivity index (χ4n) is 5.19. The van der Waals surface area contributed by atoms with Gasteiger partial charge in [0.1, 0.15) is 6.54 Å². The van der Waals surface area contributed by atoms with Crippen molar-refractivity contribution in [2.75, 3.05) is 19.6 Å². The number of amides is 3. The van der Waals surface area contributed by atoms with Crippen molar-refractivity contribution in [3.05, 3.63) is 76.3 Å². The van der Waals surface area contributed by atoms with Gasteiger partial charge < -0.3 is 9.47 Å². The molecule has 7 nitrogen and oxygen atoms in total. The summed E-state index contributed by atoms with van der Waals surface area (Å²) in [6.45, 7) is 3.60. The van der Waals surface area contributed by atoms with Crippen molar-refractivity contribution in [2.24, 2.45) is 0 Å². The maximum absolute atomic E-state index is 13.2. The zero-order chi connectivity index (χ0) is 26.6.